The molecular formula is C13H16FN3. The summed E-state index contributed by atoms with van der Waals surface area (Å²) in [5.74, 6) is 0.652. The number of rotatable bonds is 3. The lowest BCUT2D eigenvalue weighted by Crippen LogP contribution is -2.13. The summed E-state index contributed by atoms with van der Waals surface area (Å²) in [6, 6.07) is 5.02. The summed E-state index contributed by atoms with van der Waals surface area (Å²) in [5, 5.41) is 3.16. The van der Waals surface area contributed by atoms with Gasteiger partial charge in [0.15, 0.2) is 0 Å². The summed E-state index contributed by atoms with van der Waals surface area (Å²) < 4.78 is 15.6. The van der Waals surface area contributed by atoms with Gasteiger partial charge in [-0.1, -0.05) is 12.1 Å². The molecule has 4 heteroatoms. The predicted octanol–water partition coefficient (Wildman–Crippen LogP) is 3.04. The van der Waals surface area contributed by atoms with Crippen molar-refractivity contribution in [2.24, 2.45) is 7.05 Å². The molecule has 0 saturated heterocycles. The molecule has 0 amide bonds. The molecule has 1 aromatic carbocycles. The fourth-order valence-electron chi connectivity index (χ4n) is 1.89. The van der Waals surface area contributed by atoms with Crippen LogP contribution < -0.4 is 5.32 Å². The largest absolute Gasteiger partial charge is 0.373 e. The van der Waals surface area contributed by atoms with E-state index in [0.29, 0.717) is 5.69 Å². The van der Waals surface area contributed by atoms with Crippen molar-refractivity contribution in [3.8, 4) is 0 Å². The van der Waals surface area contributed by atoms with Crippen molar-refractivity contribution in [3.63, 3.8) is 0 Å². The maximum atomic E-state index is 13.7. The van der Waals surface area contributed by atoms with Gasteiger partial charge in [-0.2, -0.15) is 0 Å². The van der Waals surface area contributed by atoms with Crippen LogP contribution >= 0.6 is 0 Å². The average Bonchev–Trinajstić information content (AvgIpc) is 2.70. The van der Waals surface area contributed by atoms with Crippen LogP contribution in [0.1, 0.15) is 24.4 Å². The van der Waals surface area contributed by atoms with Crippen molar-refractivity contribution < 1.29 is 4.39 Å². The highest BCUT2D eigenvalue weighted by atomic mass is 19.1. The first-order valence-electron chi connectivity index (χ1n) is 5.58. The van der Waals surface area contributed by atoms with Gasteiger partial charge >= 0.3 is 0 Å². The molecule has 0 aliphatic rings. The second-order valence-electron chi connectivity index (χ2n) is 4.19. The third kappa shape index (κ3) is 2.30. The van der Waals surface area contributed by atoms with Crippen molar-refractivity contribution in [1.29, 1.82) is 0 Å². The fraction of sp³-hybridized carbons (Fsp3) is 0.308. The maximum absolute atomic E-state index is 13.7. The molecule has 0 aliphatic carbocycles. The Labute approximate surface area is 100 Å². The number of aryl methyl sites for hydroxylation is 2. The zero-order chi connectivity index (χ0) is 12.4. The van der Waals surface area contributed by atoms with E-state index in [1.165, 1.54) is 6.07 Å². The third-order valence-electron chi connectivity index (χ3n) is 2.83. The molecule has 0 spiro atoms. The van der Waals surface area contributed by atoms with Gasteiger partial charge in [-0.3, -0.25) is 0 Å². The number of nitrogens with one attached hydrogen (secondary N) is 1. The molecule has 0 aliphatic heterocycles. The van der Waals surface area contributed by atoms with Gasteiger partial charge in [-0.05, 0) is 25.5 Å². The molecule has 2 aromatic rings. The monoisotopic (exact) mass is 233 g/mol. The number of benzene rings is 1. The molecule has 0 fully saturated rings. The van der Waals surface area contributed by atoms with Gasteiger partial charge in [0.05, 0.1) is 11.7 Å². The van der Waals surface area contributed by atoms with Gasteiger partial charge in [-0.25, -0.2) is 9.37 Å². The Morgan fingerprint density at radius 3 is 2.76 bits per heavy atom. The molecule has 1 aromatic heterocycles. The highest BCUT2D eigenvalue weighted by Crippen LogP contribution is 2.23. The number of imidazole rings is 1. The van der Waals surface area contributed by atoms with Crippen LogP contribution in [-0.4, -0.2) is 9.55 Å². The van der Waals surface area contributed by atoms with E-state index in [9.17, 15) is 4.39 Å². The smallest absolute Gasteiger partial charge is 0.146 e. The van der Waals surface area contributed by atoms with Crippen molar-refractivity contribution in [2.45, 2.75) is 19.9 Å². The number of para-hydroxylation sites is 1. The van der Waals surface area contributed by atoms with E-state index in [0.717, 1.165) is 11.4 Å². The minimum Gasteiger partial charge on any atom is -0.373 e. The molecule has 90 valence electrons. The predicted molar refractivity (Wildman–Crippen MR) is 66.4 cm³/mol. The Hall–Kier alpha value is -1.84. The molecule has 1 unspecified atom stereocenters. The number of hydrogen-bond donors (Lipinski definition) is 1. The van der Waals surface area contributed by atoms with Gasteiger partial charge in [0.25, 0.3) is 0 Å². The second-order valence-corrected chi connectivity index (χ2v) is 4.19. The Balaban J connectivity index is 2.25. The molecule has 2 rings (SSSR count). The van der Waals surface area contributed by atoms with Crippen LogP contribution in [0.15, 0.2) is 30.6 Å². The Bertz CT molecular complexity index is 499. The van der Waals surface area contributed by atoms with Gasteiger partial charge in [-0.15, -0.1) is 0 Å². The van der Waals surface area contributed by atoms with Crippen LogP contribution in [0.5, 0.6) is 0 Å². The van der Waals surface area contributed by atoms with Crippen molar-refractivity contribution >= 4 is 5.69 Å². The number of nitrogens with zero attached hydrogens (tertiary/aromatic N) is 2. The first-order valence-corrected chi connectivity index (χ1v) is 5.58. The molecule has 3 nitrogen and oxygen atoms in total. The van der Waals surface area contributed by atoms with Crippen LogP contribution in [0.3, 0.4) is 0 Å². The van der Waals surface area contributed by atoms with Crippen LogP contribution in [-0.2, 0) is 7.05 Å². The lowest BCUT2D eigenvalue weighted by atomic mass is 10.1. The lowest BCUT2D eigenvalue weighted by Gasteiger charge is -2.17. The van der Waals surface area contributed by atoms with Crippen molar-refractivity contribution in [1.82, 2.24) is 9.55 Å². The van der Waals surface area contributed by atoms with E-state index < -0.39 is 0 Å². The summed E-state index contributed by atoms with van der Waals surface area (Å²) >= 11 is 0. The van der Waals surface area contributed by atoms with Crippen molar-refractivity contribution in [2.75, 3.05) is 5.32 Å². The second kappa shape index (κ2) is 4.57. The summed E-state index contributed by atoms with van der Waals surface area (Å²) in [6.45, 7) is 3.85. The summed E-state index contributed by atoms with van der Waals surface area (Å²) in [6.07, 6.45) is 3.61. The normalized spacial score (nSPS) is 12.5. The molecule has 1 atom stereocenters. The van der Waals surface area contributed by atoms with E-state index in [4.69, 9.17) is 0 Å². The minimum atomic E-state index is -0.231. The SMILES string of the molecule is Cc1cccc(F)c1NC(C)c1nccn1C. The molecular weight excluding hydrogens is 217 g/mol. The topological polar surface area (TPSA) is 29.9 Å². The Morgan fingerprint density at radius 2 is 2.18 bits per heavy atom. The summed E-state index contributed by atoms with van der Waals surface area (Å²) in [7, 11) is 1.93. The minimum absolute atomic E-state index is 0.0365. The van der Waals surface area contributed by atoms with Crippen molar-refractivity contribution in [3.05, 3.63) is 47.8 Å². The number of aromatic nitrogens is 2. The zero-order valence-electron chi connectivity index (χ0n) is 10.2. The molecule has 0 bridgehead atoms. The highest BCUT2D eigenvalue weighted by molar-refractivity contribution is 5.52. The molecule has 0 radical (unpaired) electrons. The number of halogens is 1. The summed E-state index contributed by atoms with van der Waals surface area (Å²) in [5.41, 5.74) is 1.44. The first-order chi connectivity index (χ1) is 8.09. The van der Waals surface area contributed by atoms with E-state index >= 15 is 0 Å². The van der Waals surface area contributed by atoms with E-state index in [1.807, 2.05) is 37.7 Å². The van der Waals surface area contributed by atoms with E-state index in [2.05, 4.69) is 10.3 Å². The zero-order valence-corrected chi connectivity index (χ0v) is 10.2. The van der Waals surface area contributed by atoms with Crippen LogP contribution in [0, 0.1) is 12.7 Å². The highest BCUT2D eigenvalue weighted by Gasteiger charge is 2.13. The fourth-order valence-corrected chi connectivity index (χ4v) is 1.89. The molecule has 0 saturated carbocycles. The Morgan fingerprint density at radius 1 is 1.41 bits per heavy atom. The van der Waals surface area contributed by atoms with Crippen LogP contribution in [0.4, 0.5) is 10.1 Å². The van der Waals surface area contributed by atoms with E-state index in [-0.39, 0.29) is 11.9 Å². The Kier molecular flexibility index (Phi) is 3.13. The standard InChI is InChI=1S/C13H16FN3/c1-9-5-4-6-11(14)12(9)16-10(2)13-15-7-8-17(13)3/h4-8,10,16H,1-3H3. The van der Waals surface area contributed by atoms with Gasteiger partial charge in [0.1, 0.15) is 11.6 Å². The molecule has 1 heterocycles. The van der Waals surface area contributed by atoms with Gasteiger partial charge in [0, 0.05) is 19.4 Å². The lowest BCUT2D eigenvalue weighted by molar-refractivity contribution is 0.623. The molecule has 17 heavy (non-hydrogen) atoms. The van der Waals surface area contributed by atoms with E-state index in [1.54, 1.807) is 12.3 Å². The summed E-state index contributed by atoms with van der Waals surface area (Å²) in [4.78, 5) is 4.25. The van der Waals surface area contributed by atoms with Gasteiger partial charge in [0.2, 0.25) is 0 Å². The molecule has 1 N–H and O–H groups in total. The van der Waals surface area contributed by atoms with Crippen LogP contribution in [0.25, 0.3) is 0 Å². The number of anilines is 1. The first kappa shape index (κ1) is 11.6. The third-order valence-corrected chi connectivity index (χ3v) is 2.83. The quantitative estimate of drug-likeness (QED) is 0.883. The van der Waals surface area contributed by atoms with Gasteiger partial charge < -0.3 is 9.88 Å². The number of hydrogen-bond acceptors (Lipinski definition) is 2. The maximum Gasteiger partial charge on any atom is 0.146 e. The average molecular weight is 233 g/mol. The van der Waals surface area contributed by atoms with Crippen LogP contribution in [0.2, 0.25) is 0 Å².